The molecule has 4 N–H and O–H groups in total. The second-order valence-corrected chi connectivity index (χ2v) is 4.33. The normalized spacial score (nSPS) is 9.95. The van der Waals surface area contributed by atoms with Crippen LogP contribution in [0.5, 0.6) is 5.75 Å². The number of anilines is 3. The summed E-state index contributed by atoms with van der Waals surface area (Å²) in [5.41, 5.74) is 7.82. The predicted octanol–water partition coefficient (Wildman–Crippen LogP) is 1.06. The van der Waals surface area contributed by atoms with E-state index in [0.29, 0.717) is 17.1 Å². The van der Waals surface area contributed by atoms with Crippen LogP contribution in [-0.4, -0.2) is 40.2 Å². The lowest BCUT2D eigenvalue weighted by Gasteiger charge is -2.23. The number of carbonyl (C=O) groups is 1. The third-order valence-corrected chi connectivity index (χ3v) is 2.90. The standard InChI is InChI=1S/C14H22N4O2/c1-5-14(19)17-11-8-10(15)13(20-4)9-12(11)18(3)7-6-16-2/h5,8-9,16H,1,6-7,15H2,2-4H3,(H,17,19). The van der Waals surface area contributed by atoms with Crippen LogP contribution in [0, 0.1) is 0 Å². The van der Waals surface area contributed by atoms with E-state index in [1.54, 1.807) is 13.2 Å². The summed E-state index contributed by atoms with van der Waals surface area (Å²) in [4.78, 5) is 13.5. The monoisotopic (exact) mass is 278 g/mol. The molecule has 6 nitrogen and oxygen atoms in total. The molecule has 0 bridgehead atoms. The number of carbonyl (C=O) groups excluding carboxylic acids is 1. The molecule has 0 atom stereocenters. The Morgan fingerprint density at radius 1 is 1.55 bits per heavy atom. The van der Waals surface area contributed by atoms with Crippen LogP contribution >= 0.6 is 0 Å². The summed E-state index contributed by atoms with van der Waals surface area (Å²) < 4.78 is 5.23. The first-order chi connectivity index (χ1) is 9.53. The molecule has 0 unspecified atom stereocenters. The van der Waals surface area contributed by atoms with Crippen molar-refractivity contribution in [3.05, 3.63) is 24.8 Å². The van der Waals surface area contributed by atoms with Gasteiger partial charge in [-0.25, -0.2) is 0 Å². The molecule has 110 valence electrons. The number of rotatable bonds is 7. The average Bonchev–Trinajstić information content (AvgIpc) is 2.44. The van der Waals surface area contributed by atoms with E-state index in [2.05, 4.69) is 17.2 Å². The summed E-state index contributed by atoms with van der Waals surface area (Å²) in [6.45, 7) is 5.04. The zero-order valence-corrected chi connectivity index (χ0v) is 12.2. The van der Waals surface area contributed by atoms with E-state index in [-0.39, 0.29) is 5.91 Å². The molecule has 1 rings (SSSR count). The maximum atomic E-state index is 11.5. The Bertz CT molecular complexity index is 488. The van der Waals surface area contributed by atoms with Gasteiger partial charge in [0.25, 0.3) is 0 Å². The van der Waals surface area contributed by atoms with Crippen LogP contribution in [-0.2, 0) is 4.79 Å². The van der Waals surface area contributed by atoms with Gasteiger partial charge < -0.3 is 26.0 Å². The summed E-state index contributed by atoms with van der Waals surface area (Å²) in [5, 5.41) is 5.83. The summed E-state index contributed by atoms with van der Waals surface area (Å²) in [6, 6.07) is 3.50. The second-order valence-electron chi connectivity index (χ2n) is 4.33. The molecule has 20 heavy (non-hydrogen) atoms. The SMILES string of the molecule is C=CC(=O)Nc1cc(N)c(OC)cc1N(C)CCNC. The van der Waals surface area contributed by atoms with Crippen molar-refractivity contribution in [2.24, 2.45) is 0 Å². The number of nitrogens with zero attached hydrogens (tertiary/aromatic N) is 1. The maximum Gasteiger partial charge on any atom is 0.247 e. The molecule has 0 aromatic heterocycles. The molecular formula is C14H22N4O2. The van der Waals surface area contributed by atoms with E-state index in [1.165, 1.54) is 6.08 Å². The Kier molecular flexibility index (Phi) is 5.86. The largest absolute Gasteiger partial charge is 0.495 e. The molecule has 0 radical (unpaired) electrons. The molecule has 0 saturated carbocycles. The fourth-order valence-corrected chi connectivity index (χ4v) is 1.76. The third-order valence-electron chi connectivity index (χ3n) is 2.90. The molecule has 0 saturated heterocycles. The molecule has 0 aliphatic heterocycles. The van der Waals surface area contributed by atoms with Crippen molar-refractivity contribution in [1.29, 1.82) is 0 Å². The van der Waals surface area contributed by atoms with Gasteiger partial charge in [0, 0.05) is 26.2 Å². The van der Waals surface area contributed by atoms with Gasteiger partial charge in [-0.05, 0) is 19.2 Å². The van der Waals surface area contributed by atoms with Crippen LogP contribution in [0.25, 0.3) is 0 Å². The number of nitrogen functional groups attached to an aromatic ring is 1. The van der Waals surface area contributed by atoms with Crippen LogP contribution in [0.1, 0.15) is 0 Å². The van der Waals surface area contributed by atoms with Crippen molar-refractivity contribution in [3.8, 4) is 5.75 Å². The Hall–Kier alpha value is -2.21. The Balaban J connectivity index is 3.14. The highest BCUT2D eigenvalue weighted by Crippen LogP contribution is 2.34. The Morgan fingerprint density at radius 2 is 2.25 bits per heavy atom. The van der Waals surface area contributed by atoms with Gasteiger partial charge >= 0.3 is 0 Å². The highest BCUT2D eigenvalue weighted by Gasteiger charge is 2.13. The van der Waals surface area contributed by atoms with Crippen LogP contribution in [0.15, 0.2) is 24.8 Å². The molecule has 0 fully saturated rings. The number of ether oxygens (including phenoxy) is 1. The number of benzene rings is 1. The van der Waals surface area contributed by atoms with Crippen LogP contribution < -0.4 is 26.0 Å². The molecule has 0 aliphatic carbocycles. The maximum absolute atomic E-state index is 11.5. The topological polar surface area (TPSA) is 79.6 Å². The fourth-order valence-electron chi connectivity index (χ4n) is 1.76. The molecule has 1 amide bonds. The van der Waals surface area contributed by atoms with E-state index in [9.17, 15) is 4.79 Å². The minimum absolute atomic E-state index is 0.280. The van der Waals surface area contributed by atoms with Gasteiger partial charge in [-0.2, -0.15) is 0 Å². The lowest BCUT2D eigenvalue weighted by atomic mass is 10.2. The predicted molar refractivity (Wildman–Crippen MR) is 83.4 cm³/mol. The van der Waals surface area contributed by atoms with E-state index in [1.807, 2.05) is 25.1 Å². The fraction of sp³-hybridized carbons (Fsp3) is 0.357. The smallest absolute Gasteiger partial charge is 0.247 e. The lowest BCUT2D eigenvalue weighted by Crippen LogP contribution is -2.28. The highest BCUT2D eigenvalue weighted by molar-refractivity contribution is 6.02. The van der Waals surface area contributed by atoms with E-state index >= 15 is 0 Å². The Labute approximate surface area is 119 Å². The van der Waals surface area contributed by atoms with Crippen molar-refractivity contribution in [1.82, 2.24) is 5.32 Å². The number of nitrogens with one attached hydrogen (secondary N) is 2. The van der Waals surface area contributed by atoms with Gasteiger partial charge in [-0.15, -0.1) is 0 Å². The minimum atomic E-state index is -0.280. The second kappa shape index (κ2) is 7.40. The molecule has 0 aliphatic rings. The molecule has 0 spiro atoms. The minimum Gasteiger partial charge on any atom is -0.495 e. The van der Waals surface area contributed by atoms with Crippen molar-refractivity contribution in [2.45, 2.75) is 0 Å². The van der Waals surface area contributed by atoms with Gasteiger partial charge in [0.15, 0.2) is 0 Å². The number of hydrogen-bond acceptors (Lipinski definition) is 5. The molecular weight excluding hydrogens is 256 g/mol. The van der Waals surface area contributed by atoms with Crippen molar-refractivity contribution in [3.63, 3.8) is 0 Å². The molecule has 0 heterocycles. The quantitative estimate of drug-likeness (QED) is 0.513. The van der Waals surface area contributed by atoms with E-state index in [4.69, 9.17) is 10.5 Å². The number of likely N-dealkylation sites (N-methyl/N-ethyl adjacent to an activating group) is 2. The van der Waals surface area contributed by atoms with Crippen LogP contribution in [0.2, 0.25) is 0 Å². The number of amides is 1. The molecule has 1 aromatic carbocycles. The number of nitrogens with two attached hydrogens (primary N) is 1. The third kappa shape index (κ3) is 3.89. The Morgan fingerprint density at radius 3 is 2.80 bits per heavy atom. The van der Waals surface area contributed by atoms with Gasteiger partial charge in [0.2, 0.25) is 5.91 Å². The first kappa shape index (κ1) is 15.8. The zero-order valence-electron chi connectivity index (χ0n) is 12.2. The van der Waals surface area contributed by atoms with E-state index < -0.39 is 0 Å². The summed E-state index contributed by atoms with van der Waals surface area (Å²) in [5.74, 6) is 0.297. The summed E-state index contributed by atoms with van der Waals surface area (Å²) >= 11 is 0. The zero-order chi connectivity index (χ0) is 15.1. The van der Waals surface area contributed by atoms with Gasteiger partial charge in [0.1, 0.15) is 5.75 Å². The van der Waals surface area contributed by atoms with Gasteiger partial charge in [-0.1, -0.05) is 6.58 Å². The van der Waals surface area contributed by atoms with Gasteiger partial charge in [-0.3, -0.25) is 4.79 Å². The average molecular weight is 278 g/mol. The lowest BCUT2D eigenvalue weighted by molar-refractivity contribution is -0.111. The summed E-state index contributed by atoms with van der Waals surface area (Å²) in [6.07, 6.45) is 1.22. The van der Waals surface area contributed by atoms with E-state index in [0.717, 1.165) is 18.8 Å². The summed E-state index contributed by atoms with van der Waals surface area (Å²) in [7, 11) is 5.38. The van der Waals surface area contributed by atoms with Crippen molar-refractivity contribution in [2.75, 3.05) is 50.2 Å². The highest BCUT2D eigenvalue weighted by atomic mass is 16.5. The van der Waals surface area contributed by atoms with Crippen molar-refractivity contribution >= 4 is 23.0 Å². The molecule has 1 aromatic rings. The number of hydrogen-bond donors (Lipinski definition) is 3. The molecule has 6 heteroatoms. The van der Waals surface area contributed by atoms with Gasteiger partial charge in [0.05, 0.1) is 24.2 Å². The first-order valence-electron chi connectivity index (χ1n) is 6.30. The van der Waals surface area contributed by atoms with Crippen LogP contribution in [0.3, 0.4) is 0 Å². The first-order valence-corrected chi connectivity index (χ1v) is 6.30. The number of methoxy groups -OCH3 is 1. The van der Waals surface area contributed by atoms with Crippen LogP contribution in [0.4, 0.5) is 17.1 Å². The van der Waals surface area contributed by atoms with Crippen molar-refractivity contribution < 1.29 is 9.53 Å².